The third-order valence-electron chi connectivity index (χ3n) is 4.18. The molecule has 0 spiro atoms. The zero-order valence-electron chi connectivity index (χ0n) is 14.6. The van der Waals surface area contributed by atoms with Crippen molar-refractivity contribution in [3.63, 3.8) is 0 Å². The van der Waals surface area contributed by atoms with Crippen LogP contribution in [-0.2, 0) is 11.8 Å². The van der Waals surface area contributed by atoms with Crippen molar-refractivity contribution in [2.75, 3.05) is 11.9 Å². The molecule has 0 saturated carbocycles. The number of hydrogen-bond donors (Lipinski definition) is 1. The van der Waals surface area contributed by atoms with E-state index in [0.717, 1.165) is 43.2 Å². The Balaban J connectivity index is 1.70. The summed E-state index contributed by atoms with van der Waals surface area (Å²) >= 11 is 1.23. The fraction of sp³-hybridized carbons (Fsp3) is 0.588. The van der Waals surface area contributed by atoms with Crippen molar-refractivity contribution in [1.29, 1.82) is 0 Å². The first kappa shape index (κ1) is 17.0. The van der Waals surface area contributed by atoms with Gasteiger partial charge in [0.25, 0.3) is 0 Å². The standard InChI is InChI=1S/C17H24N4O2S/c1-5-11-8-9-13(23-11)12-7-6-10-21(12)16(22)19-15-18-14(20-24-15)17(2,3)4/h8-9,12H,5-7,10H2,1-4H3,(H,18,19,20,22). The Morgan fingerprint density at radius 3 is 2.88 bits per heavy atom. The number of carbonyl (C=O) groups is 1. The number of anilines is 1. The van der Waals surface area contributed by atoms with Gasteiger partial charge in [0.1, 0.15) is 17.3 Å². The Labute approximate surface area is 146 Å². The largest absolute Gasteiger partial charge is 0.464 e. The summed E-state index contributed by atoms with van der Waals surface area (Å²) in [6.45, 7) is 8.95. The minimum Gasteiger partial charge on any atom is -0.464 e. The lowest BCUT2D eigenvalue weighted by atomic mass is 9.96. The first-order chi connectivity index (χ1) is 11.4. The summed E-state index contributed by atoms with van der Waals surface area (Å²) in [5.74, 6) is 2.57. The highest BCUT2D eigenvalue weighted by molar-refractivity contribution is 7.09. The summed E-state index contributed by atoms with van der Waals surface area (Å²) in [6.07, 6.45) is 2.76. The van der Waals surface area contributed by atoms with E-state index in [0.29, 0.717) is 5.13 Å². The highest BCUT2D eigenvalue weighted by Gasteiger charge is 2.32. The van der Waals surface area contributed by atoms with E-state index >= 15 is 0 Å². The minimum atomic E-state index is -0.136. The van der Waals surface area contributed by atoms with Gasteiger partial charge in [-0.25, -0.2) is 9.78 Å². The summed E-state index contributed by atoms with van der Waals surface area (Å²) in [6, 6.07) is 3.84. The maximum absolute atomic E-state index is 12.6. The van der Waals surface area contributed by atoms with Gasteiger partial charge >= 0.3 is 6.03 Å². The van der Waals surface area contributed by atoms with Crippen molar-refractivity contribution >= 4 is 22.7 Å². The molecule has 1 unspecified atom stereocenters. The summed E-state index contributed by atoms with van der Waals surface area (Å²) in [4.78, 5) is 18.9. The van der Waals surface area contributed by atoms with Gasteiger partial charge in [0.2, 0.25) is 5.13 Å². The van der Waals surface area contributed by atoms with Crippen LogP contribution in [0.15, 0.2) is 16.5 Å². The second kappa shape index (κ2) is 6.55. The molecule has 24 heavy (non-hydrogen) atoms. The number of furan rings is 1. The number of urea groups is 1. The van der Waals surface area contributed by atoms with Crippen molar-refractivity contribution in [1.82, 2.24) is 14.3 Å². The van der Waals surface area contributed by atoms with Gasteiger partial charge in [0.05, 0.1) is 6.04 Å². The Kier molecular flexibility index (Phi) is 4.62. The Morgan fingerprint density at radius 2 is 2.25 bits per heavy atom. The number of hydrogen-bond acceptors (Lipinski definition) is 5. The summed E-state index contributed by atoms with van der Waals surface area (Å²) < 4.78 is 10.2. The van der Waals surface area contributed by atoms with Crippen molar-refractivity contribution in [2.24, 2.45) is 0 Å². The zero-order valence-corrected chi connectivity index (χ0v) is 15.4. The maximum atomic E-state index is 12.6. The number of rotatable bonds is 3. The predicted molar refractivity (Wildman–Crippen MR) is 94.4 cm³/mol. The smallest absolute Gasteiger partial charge is 0.324 e. The summed E-state index contributed by atoms with van der Waals surface area (Å²) in [5, 5.41) is 3.43. The molecule has 2 aromatic rings. The van der Waals surface area contributed by atoms with E-state index < -0.39 is 0 Å². The fourth-order valence-electron chi connectivity index (χ4n) is 2.81. The first-order valence-electron chi connectivity index (χ1n) is 8.39. The van der Waals surface area contributed by atoms with Gasteiger partial charge in [-0.3, -0.25) is 5.32 Å². The molecule has 1 aliphatic rings. The average Bonchev–Trinajstić information content (AvgIpc) is 3.25. The predicted octanol–water partition coefficient (Wildman–Crippen LogP) is 4.36. The van der Waals surface area contributed by atoms with Crippen LogP contribution in [0.25, 0.3) is 0 Å². The van der Waals surface area contributed by atoms with Crippen molar-refractivity contribution in [3.05, 3.63) is 29.5 Å². The second-order valence-corrected chi connectivity index (χ2v) is 7.86. The number of nitrogens with one attached hydrogen (secondary N) is 1. The lowest BCUT2D eigenvalue weighted by molar-refractivity contribution is 0.199. The molecule has 2 amide bonds. The first-order valence-corrected chi connectivity index (χ1v) is 9.16. The van der Waals surface area contributed by atoms with Crippen molar-refractivity contribution in [3.8, 4) is 0 Å². The van der Waals surface area contributed by atoms with E-state index in [4.69, 9.17) is 4.42 Å². The Hall–Kier alpha value is -1.89. The van der Waals surface area contributed by atoms with E-state index in [1.807, 2.05) is 17.0 Å². The third-order valence-corrected chi connectivity index (χ3v) is 4.81. The van der Waals surface area contributed by atoms with Crippen molar-refractivity contribution < 1.29 is 9.21 Å². The molecule has 6 nitrogen and oxygen atoms in total. The highest BCUT2D eigenvalue weighted by atomic mass is 32.1. The topological polar surface area (TPSA) is 71.3 Å². The quantitative estimate of drug-likeness (QED) is 0.894. The lowest BCUT2D eigenvalue weighted by Gasteiger charge is -2.22. The number of aromatic nitrogens is 2. The molecule has 0 aromatic carbocycles. The van der Waals surface area contributed by atoms with Gasteiger partial charge in [-0.1, -0.05) is 27.7 Å². The molecular formula is C17H24N4O2S. The van der Waals surface area contributed by atoms with Crippen LogP contribution in [0.4, 0.5) is 9.93 Å². The SMILES string of the molecule is CCc1ccc(C2CCCN2C(=O)Nc2nc(C(C)(C)C)ns2)o1. The summed E-state index contributed by atoms with van der Waals surface area (Å²) in [5.41, 5.74) is -0.125. The van der Waals surface area contributed by atoms with Crippen LogP contribution in [0.5, 0.6) is 0 Å². The van der Waals surface area contributed by atoms with E-state index in [-0.39, 0.29) is 17.5 Å². The molecule has 1 N–H and O–H groups in total. The molecular weight excluding hydrogens is 324 g/mol. The molecule has 0 bridgehead atoms. The third kappa shape index (κ3) is 3.45. The van der Waals surface area contributed by atoms with Gasteiger partial charge < -0.3 is 9.32 Å². The normalized spacial score (nSPS) is 18.2. The monoisotopic (exact) mass is 348 g/mol. The molecule has 0 radical (unpaired) electrons. The highest BCUT2D eigenvalue weighted by Crippen LogP contribution is 2.33. The van der Waals surface area contributed by atoms with Crippen LogP contribution in [-0.4, -0.2) is 26.8 Å². The molecule has 1 fully saturated rings. The molecule has 1 saturated heterocycles. The van der Waals surface area contributed by atoms with Crippen LogP contribution >= 0.6 is 11.5 Å². The van der Waals surface area contributed by atoms with Gasteiger partial charge in [0, 0.05) is 29.9 Å². The Morgan fingerprint density at radius 1 is 1.46 bits per heavy atom. The second-order valence-electron chi connectivity index (χ2n) is 7.11. The average molecular weight is 348 g/mol. The lowest BCUT2D eigenvalue weighted by Crippen LogP contribution is -2.34. The number of carbonyl (C=O) groups excluding carboxylic acids is 1. The molecule has 1 atom stereocenters. The van der Waals surface area contributed by atoms with E-state index in [9.17, 15) is 4.79 Å². The zero-order chi connectivity index (χ0) is 17.3. The number of aryl methyl sites for hydroxylation is 1. The maximum Gasteiger partial charge on any atom is 0.324 e. The number of nitrogens with zero attached hydrogens (tertiary/aromatic N) is 3. The molecule has 0 aliphatic carbocycles. The fourth-order valence-corrected chi connectivity index (χ4v) is 3.56. The van der Waals surface area contributed by atoms with E-state index in [1.165, 1.54) is 11.5 Å². The number of likely N-dealkylation sites (tertiary alicyclic amines) is 1. The minimum absolute atomic E-state index is 0.000285. The molecule has 3 heterocycles. The van der Waals surface area contributed by atoms with Crippen LogP contribution in [0.1, 0.15) is 63.9 Å². The van der Waals surface area contributed by atoms with Gasteiger partial charge in [0.15, 0.2) is 0 Å². The number of amides is 2. The summed E-state index contributed by atoms with van der Waals surface area (Å²) in [7, 11) is 0. The molecule has 7 heteroatoms. The Bertz CT molecular complexity index is 716. The molecule has 2 aromatic heterocycles. The molecule has 130 valence electrons. The van der Waals surface area contributed by atoms with E-state index in [1.54, 1.807) is 0 Å². The van der Waals surface area contributed by atoms with Crippen LogP contribution in [0.3, 0.4) is 0 Å². The molecule has 3 rings (SSSR count). The van der Waals surface area contributed by atoms with Gasteiger partial charge in [-0.05, 0) is 25.0 Å². The van der Waals surface area contributed by atoms with Gasteiger partial charge in [-0.2, -0.15) is 4.37 Å². The van der Waals surface area contributed by atoms with Crippen molar-refractivity contribution in [2.45, 2.75) is 58.4 Å². The molecule has 1 aliphatic heterocycles. The van der Waals surface area contributed by atoms with Crippen LogP contribution in [0.2, 0.25) is 0 Å². The van der Waals surface area contributed by atoms with Crippen LogP contribution < -0.4 is 5.32 Å². The van der Waals surface area contributed by atoms with E-state index in [2.05, 4.69) is 42.4 Å². The van der Waals surface area contributed by atoms with Gasteiger partial charge in [-0.15, -0.1) is 0 Å². The van der Waals surface area contributed by atoms with Crippen LogP contribution in [0, 0.1) is 0 Å².